The molecule has 0 spiro atoms. The predicted octanol–water partition coefficient (Wildman–Crippen LogP) is 2.72. The molecule has 0 aliphatic rings. The third-order valence-corrected chi connectivity index (χ3v) is 2.67. The van der Waals surface area contributed by atoms with Crippen LogP contribution in [0.15, 0.2) is 24.3 Å². The second-order valence-electron chi connectivity index (χ2n) is 3.82. The van der Waals surface area contributed by atoms with Crippen molar-refractivity contribution in [3.63, 3.8) is 0 Å². The van der Waals surface area contributed by atoms with Gasteiger partial charge in [-0.3, -0.25) is 0 Å². The topological polar surface area (TPSA) is 30.5 Å². The minimum Gasteiger partial charge on any atom is -0.496 e. The highest BCUT2D eigenvalue weighted by molar-refractivity contribution is 5.74. The zero-order valence-electron chi connectivity index (χ0n) is 11.0. The summed E-state index contributed by atoms with van der Waals surface area (Å²) in [5, 5.41) is 3.12. The monoisotopic (exact) mass is 235 g/mol. The molecule has 3 nitrogen and oxygen atoms in total. The van der Waals surface area contributed by atoms with Crippen LogP contribution in [0.25, 0.3) is 5.57 Å². The van der Waals surface area contributed by atoms with Crippen molar-refractivity contribution >= 4 is 5.57 Å². The molecule has 1 aromatic carbocycles. The van der Waals surface area contributed by atoms with Crippen LogP contribution < -0.4 is 14.8 Å². The Morgan fingerprint density at radius 1 is 1.24 bits per heavy atom. The number of ether oxygens (including phenoxy) is 2. The maximum absolute atomic E-state index is 5.38. The van der Waals surface area contributed by atoms with Gasteiger partial charge in [-0.25, -0.2) is 0 Å². The first-order valence-electron chi connectivity index (χ1n) is 5.77. The van der Waals surface area contributed by atoms with E-state index in [9.17, 15) is 0 Å². The second-order valence-corrected chi connectivity index (χ2v) is 3.82. The van der Waals surface area contributed by atoms with E-state index in [1.165, 1.54) is 5.57 Å². The first kappa shape index (κ1) is 13.6. The molecule has 0 amide bonds. The first-order valence-corrected chi connectivity index (χ1v) is 5.77. The lowest BCUT2D eigenvalue weighted by Gasteiger charge is -2.13. The van der Waals surface area contributed by atoms with E-state index in [2.05, 4.69) is 18.3 Å². The number of nitrogens with one attached hydrogen (secondary N) is 1. The Bertz CT molecular complexity index is 364. The SMILES string of the molecule is CNCC/C=C(/C)c1c(OC)cccc1OC. The highest BCUT2D eigenvalue weighted by Gasteiger charge is 2.10. The Labute approximate surface area is 103 Å². The highest BCUT2D eigenvalue weighted by atomic mass is 16.5. The lowest BCUT2D eigenvalue weighted by atomic mass is 10.0. The number of hydrogen-bond donors (Lipinski definition) is 1. The first-order chi connectivity index (χ1) is 8.24. The van der Waals surface area contributed by atoms with Gasteiger partial charge >= 0.3 is 0 Å². The lowest BCUT2D eigenvalue weighted by molar-refractivity contribution is 0.392. The normalized spacial score (nSPS) is 11.4. The molecule has 0 aromatic heterocycles. The van der Waals surface area contributed by atoms with Gasteiger partial charge in [-0.2, -0.15) is 0 Å². The fraction of sp³-hybridized carbons (Fsp3) is 0.429. The molecule has 0 heterocycles. The van der Waals surface area contributed by atoms with Crippen molar-refractivity contribution in [1.82, 2.24) is 5.32 Å². The molecule has 1 N–H and O–H groups in total. The van der Waals surface area contributed by atoms with E-state index in [-0.39, 0.29) is 0 Å². The van der Waals surface area contributed by atoms with E-state index in [1.54, 1.807) is 14.2 Å². The predicted molar refractivity (Wildman–Crippen MR) is 71.7 cm³/mol. The summed E-state index contributed by atoms with van der Waals surface area (Å²) >= 11 is 0. The van der Waals surface area contributed by atoms with Gasteiger partial charge in [0.2, 0.25) is 0 Å². The van der Waals surface area contributed by atoms with Crippen LogP contribution in [0.5, 0.6) is 11.5 Å². The minimum atomic E-state index is 0.850. The molecule has 0 unspecified atom stereocenters. The summed E-state index contributed by atoms with van der Waals surface area (Å²) in [6, 6.07) is 5.84. The Morgan fingerprint density at radius 3 is 2.29 bits per heavy atom. The molecule has 0 saturated carbocycles. The standard InChI is InChI=1S/C14H21NO2/c1-11(7-6-10-15-2)14-12(16-3)8-5-9-13(14)17-4/h5,7-9,15H,6,10H2,1-4H3/b11-7-. The molecule has 0 aliphatic heterocycles. The molecule has 0 saturated heterocycles. The molecule has 0 radical (unpaired) electrons. The van der Waals surface area contributed by atoms with Crippen LogP contribution in [0.2, 0.25) is 0 Å². The summed E-state index contributed by atoms with van der Waals surface area (Å²) in [5.74, 6) is 1.70. The maximum atomic E-state index is 5.38. The van der Waals surface area contributed by atoms with Gasteiger partial charge in [-0.05, 0) is 44.6 Å². The van der Waals surface area contributed by atoms with Crippen molar-refractivity contribution in [2.75, 3.05) is 27.8 Å². The van der Waals surface area contributed by atoms with Crippen molar-refractivity contribution in [3.8, 4) is 11.5 Å². The van der Waals surface area contributed by atoms with Gasteiger partial charge in [0, 0.05) is 0 Å². The van der Waals surface area contributed by atoms with Crippen LogP contribution in [0, 0.1) is 0 Å². The van der Waals surface area contributed by atoms with Crippen molar-refractivity contribution in [2.24, 2.45) is 0 Å². The highest BCUT2D eigenvalue weighted by Crippen LogP contribution is 2.34. The lowest BCUT2D eigenvalue weighted by Crippen LogP contribution is -2.06. The van der Waals surface area contributed by atoms with Crippen molar-refractivity contribution in [2.45, 2.75) is 13.3 Å². The molecule has 94 valence electrons. The molecule has 0 atom stereocenters. The molecular weight excluding hydrogens is 214 g/mol. The fourth-order valence-electron chi connectivity index (χ4n) is 1.77. The van der Waals surface area contributed by atoms with E-state index in [0.29, 0.717) is 0 Å². The Balaban J connectivity index is 3.04. The summed E-state index contributed by atoms with van der Waals surface area (Å²) in [4.78, 5) is 0. The summed E-state index contributed by atoms with van der Waals surface area (Å²) in [6.07, 6.45) is 3.18. The van der Waals surface area contributed by atoms with Gasteiger partial charge < -0.3 is 14.8 Å². The van der Waals surface area contributed by atoms with E-state index in [4.69, 9.17) is 9.47 Å². The fourth-order valence-corrected chi connectivity index (χ4v) is 1.77. The molecule has 0 fully saturated rings. The van der Waals surface area contributed by atoms with Crippen molar-refractivity contribution in [3.05, 3.63) is 29.8 Å². The molecule has 0 aliphatic carbocycles. The van der Waals surface area contributed by atoms with Crippen LogP contribution in [0.4, 0.5) is 0 Å². The number of benzene rings is 1. The molecular formula is C14H21NO2. The average molecular weight is 235 g/mol. The molecule has 1 rings (SSSR count). The van der Waals surface area contributed by atoms with Crippen LogP contribution in [-0.4, -0.2) is 27.8 Å². The van der Waals surface area contributed by atoms with Crippen LogP contribution in [-0.2, 0) is 0 Å². The zero-order chi connectivity index (χ0) is 12.7. The van der Waals surface area contributed by atoms with E-state index < -0.39 is 0 Å². The smallest absolute Gasteiger partial charge is 0.130 e. The van der Waals surface area contributed by atoms with Gasteiger partial charge in [0.15, 0.2) is 0 Å². The summed E-state index contributed by atoms with van der Waals surface area (Å²) in [7, 11) is 5.31. The zero-order valence-corrected chi connectivity index (χ0v) is 11.0. The number of rotatable bonds is 6. The Hall–Kier alpha value is -1.48. The third kappa shape index (κ3) is 3.49. The van der Waals surface area contributed by atoms with E-state index in [0.717, 1.165) is 30.0 Å². The summed E-state index contributed by atoms with van der Waals surface area (Å²) in [5.41, 5.74) is 2.21. The molecule has 0 bridgehead atoms. The number of allylic oxidation sites excluding steroid dienone is 1. The third-order valence-electron chi connectivity index (χ3n) is 2.67. The van der Waals surface area contributed by atoms with Gasteiger partial charge in [0.05, 0.1) is 19.8 Å². The van der Waals surface area contributed by atoms with Gasteiger partial charge in [0.1, 0.15) is 11.5 Å². The van der Waals surface area contributed by atoms with Crippen LogP contribution >= 0.6 is 0 Å². The second kappa shape index (κ2) is 6.97. The van der Waals surface area contributed by atoms with Crippen LogP contribution in [0.1, 0.15) is 18.9 Å². The Kier molecular flexibility index (Phi) is 5.57. The van der Waals surface area contributed by atoms with Gasteiger partial charge in [0.25, 0.3) is 0 Å². The molecule has 1 aromatic rings. The Morgan fingerprint density at radius 2 is 1.82 bits per heavy atom. The van der Waals surface area contributed by atoms with Gasteiger partial charge in [-0.15, -0.1) is 0 Å². The minimum absolute atomic E-state index is 0.850. The van der Waals surface area contributed by atoms with E-state index >= 15 is 0 Å². The van der Waals surface area contributed by atoms with Crippen molar-refractivity contribution < 1.29 is 9.47 Å². The van der Waals surface area contributed by atoms with Gasteiger partial charge in [-0.1, -0.05) is 12.1 Å². The largest absolute Gasteiger partial charge is 0.496 e. The average Bonchev–Trinajstić information content (AvgIpc) is 2.37. The summed E-state index contributed by atoms with van der Waals surface area (Å²) < 4.78 is 10.8. The maximum Gasteiger partial charge on any atom is 0.130 e. The molecule has 17 heavy (non-hydrogen) atoms. The quantitative estimate of drug-likeness (QED) is 0.769. The van der Waals surface area contributed by atoms with Crippen LogP contribution in [0.3, 0.4) is 0 Å². The number of methoxy groups -OCH3 is 2. The van der Waals surface area contributed by atoms with E-state index in [1.807, 2.05) is 25.2 Å². The van der Waals surface area contributed by atoms with Crippen molar-refractivity contribution in [1.29, 1.82) is 0 Å². The molecule has 3 heteroatoms. The number of hydrogen-bond acceptors (Lipinski definition) is 3. The summed E-state index contributed by atoms with van der Waals surface area (Å²) in [6.45, 7) is 3.05.